The van der Waals surface area contributed by atoms with Crippen LogP contribution in [0.15, 0.2) is 65.7 Å². The lowest BCUT2D eigenvalue weighted by molar-refractivity contribution is -0.113. The summed E-state index contributed by atoms with van der Waals surface area (Å²) in [6.07, 6.45) is 0. The van der Waals surface area contributed by atoms with E-state index in [-0.39, 0.29) is 17.5 Å². The lowest BCUT2D eigenvalue weighted by atomic mass is 10.3. The molecule has 31 heavy (non-hydrogen) atoms. The SMILES string of the molecule is CCOc1ccc(Nc2nnc3ccc(SCC(=O)Nc4ccc(F)cc4)nn23)cc1. The number of nitrogens with zero attached hydrogens (tertiary/aromatic N) is 4. The van der Waals surface area contributed by atoms with Crippen LogP contribution in [0.5, 0.6) is 5.75 Å². The van der Waals surface area contributed by atoms with Crippen molar-refractivity contribution < 1.29 is 13.9 Å². The molecule has 4 aromatic rings. The monoisotopic (exact) mass is 438 g/mol. The number of nitrogens with one attached hydrogen (secondary N) is 2. The quantitative estimate of drug-likeness (QED) is 0.400. The average Bonchev–Trinajstić information content (AvgIpc) is 3.17. The van der Waals surface area contributed by atoms with Gasteiger partial charge in [-0.25, -0.2) is 4.39 Å². The number of benzene rings is 2. The van der Waals surface area contributed by atoms with Gasteiger partial charge in [-0.3, -0.25) is 4.79 Å². The van der Waals surface area contributed by atoms with Crippen molar-refractivity contribution in [1.82, 2.24) is 19.8 Å². The molecule has 2 aromatic carbocycles. The van der Waals surface area contributed by atoms with E-state index in [4.69, 9.17) is 4.74 Å². The Morgan fingerprint density at radius 3 is 2.52 bits per heavy atom. The van der Waals surface area contributed by atoms with E-state index in [2.05, 4.69) is 25.9 Å². The van der Waals surface area contributed by atoms with Crippen molar-refractivity contribution in [3.05, 3.63) is 66.5 Å². The molecule has 2 aromatic heterocycles. The Hall–Kier alpha value is -3.66. The van der Waals surface area contributed by atoms with Crippen LogP contribution in [-0.4, -0.2) is 38.1 Å². The first kappa shape index (κ1) is 20.6. The highest BCUT2D eigenvalue weighted by atomic mass is 32.2. The molecule has 0 fully saturated rings. The fourth-order valence-electron chi connectivity index (χ4n) is 2.73. The number of rotatable bonds is 8. The van der Waals surface area contributed by atoms with Crippen molar-refractivity contribution in [3.63, 3.8) is 0 Å². The van der Waals surface area contributed by atoms with Crippen LogP contribution < -0.4 is 15.4 Å². The third kappa shape index (κ3) is 5.28. The molecule has 0 radical (unpaired) electrons. The first-order chi connectivity index (χ1) is 15.1. The standard InChI is InChI=1S/C21H19FN6O2S/c1-2-30-17-9-7-16(8-10-17)24-21-26-25-18-11-12-20(27-28(18)21)31-13-19(29)23-15-5-3-14(22)4-6-15/h3-12H,2,13H2,1H3,(H,23,29)(H,24,26). The number of halogens is 1. The van der Waals surface area contributed by atoms with Gasteiger partial charge in [0.1, 0.15) is 16.6 Å². The first-order valence-electron chi connectivity index (χ1n) is 9.51. The summed E-state index contributed by atoms with van der Waals surface area (Å²) in [5.74, 6) is 0.829. The van der Waals surface area contributed by atoms with Crippen LogP contribution in [0.1, 0.15) is 6.92 Å². The average molecular weight is 438 g/mol. The summed E-state index contributed by atoms with van der Waals surface area (Å²) >= 11 is 1.27. The lowest BCUT2D eigenvalue weighted by Crippen LogP contribution is -2.14. The fourth-order valence-corrected chi connectivity index (χ4v) is 3.38. The number of fused-ring (bicyclic) bond motifs is 1. The van der Waals surface area contributed by atoms with Crippen molar-refractivity contribution in [2.75, 3.05) is 23.0 Å². The van der Waals surface area contributed by atoms with Crippen LogP contribution >= 0.6 is 11.8 Å². The number of carbonyl (C=O) groups is 1. The molecule has 158 valence electrons. The van der Waals surface area contributed by atoms with Crippen LogP contribution in [0, 0.1) is 5.82 Å². The highest BCUT2D eigenvalue weighted by Crippen LogP contribution is 2.21. The van der Waals surface area contributed by atoms with Crippen molar-refractivity contribution in [1.29, 1.82) is 0 Å². The van der Waals surface area contributed by atoms with Gasteiger partial charge in [0, 0.05) is 11.4 Å². The second-order valence-corrected chi connectivity index (χ2v) is 7.39. The number of aromatic nitrogens is 4. The molecule has 2 heterocycles. The van der Waals surface area contributed by atoms with Crippen molar-refractivity contribution >= 4 is 40.6 Å². The maximum Gasteiger partial charge on any atom is 0.250 e. The second kappa shape index (κ2) is 9.43. The van der Waals surface area contributed by atoms with Crippen LogP contribution in [-0.2, 0) is 4.79 Å². The summed E-state index contributed by atoms with van der Waals surface area (Å²) in [7, 11) is 0. The first-order valence-corrected chi connectivity index (χ1v) is 10.5. The molecule has 4 rings (SSSR count). The predicted octanol–water partition coefficient (Wildman–Crippen LogP) is 4.14. The Kier molecular flexibility index (Phi) is 6.27. The molecular formula is C21H19FN6O2S. The number of thioether (sulfide) groups is 1. The Morgan fingerprint density at radius 2 is 1.77 bits per heavy atom. The maximum absolute atomic E-state index is 13.0. The zero-order valence-corrected chi connectivity index (χ0v) is 17.4. The topological polar surface area (TPSA) is 93.4 Å². The molecule has 0 unspecified atom stereocenters. The highest BCUT2D eigenvalue weighted by molar-refractivity contribution is 7.99. The molecule has 0 saturated carbocycles. The number of ether oxygens (including phenoxy) is 1. The summed E-state index contributed by atoms with van der Waals surface area (Å²) in [4.78, 5) is 12.2. The molecule has 8 nitrogen and oxygen atoms in total. The summed E-state index contributed by atoms with van der Waals surface area (Å²) in [6.45, 7) is 2.54. The Morgan fingerprint density at radius 1 is 1.03 bits per heavy atom. The van der Waals surface area contributed by atoms with Gasteiger partial charge in [0.05, 0.1) is 12.4 Å². The van der Waals surface area contributed by atoms with Gasteiger partial charge in [0.2, 0.25) is 11.9 Å². The molecule has 10 heteroatoms. The van der Waals surface area contributed by atoms with Crippen LogP contribution in [0.3, 0.4) is 0 Å². The van der Waals surface area contributed by atoms with E-state index in [1.54, 1.807) is 16.6 Å². The molecular weight excluding hydrogens is 419 g/mol. The molecule has 1 amide bonds. The largest absolute Gasteiger partial charge is 0.494 e. The minimum atomic E-state index is -0.353. The van der Waals surface area contributed by atoms with Gasteiger partial charge < -0.3 is 15.4 Å². The minimum absolute atomic E-state index is 0.152. The van der Waals surface area contributed by atoms with Gasteiger partial charge >= 0.3 is 0 Å². The van der Waals surface area contributed by atoms with E-state index < -0.39 is 0 Å². The summed E-state index contributed by atoms with van der Waals surface area (Å²) in [5.41, 5.74) is 1.93. The summed E-state index contributed by atoms with van der Waals surface area (Å²) in [5, 5.41) is 19.3. The van der Waals surface area contributed by atoms with Crippen LogP contribution in [0.4, 0.5) is 21.7 Å². The van der Waals surface area contributed by atoms with E-state index in [9.17, 15) is 9.18 Å². The highest BCUT2D eigenvalue weighted by Gasteiger charge is 2.10. The Bertz CT molecular complexity index is 1180. The molecule has 0 bridgehead atoms. The predicted molar refractivity (Wildman–Crippen MR) is 117 cm³/mol. The summed E-state index contributed by atoms with van der Waals surface area (Å²) < 4.78 is 20.0. The van der Waals surface area contributed by atoms with Gasteiger partial charge in [-0.05, 0) is 67.6 Å². The van der Waals surface area contributed by atoms with Gasteiger partial charge in [0.15, 0.2) is 5.65 Å². The number of amides is 1. The lowest BCUT2D eigenvalue weighted by Gasteiger charge is -2.07. The molecule has 0 aliphatic carbocycles. The van der Waals surface area contributed by atoms with E-state index >= 15 is 0 Å². The number of hydrogen-bond donors (Lipinski definition) is 2. The number of carbonyl (C=O) groups excluding carboxylic acids is 1. The van der Waals surface area contributed by atoms with Crippen molar-refractivity contribution in [2.45, 2.75) is 11.9 Å². The molecule has 0 saturated heterocycles. The normalized spacial score (nSPS) is 10.8. The Balaban J connectivity index is 1.41. The number of hydrogen-bond acceptors (Lipinski definition) is 7. The van der Waals surface area contributed by atoms with Gasteiger partial charge in [-0.2, -0.15) is 9.61 Å². The fraction of sp³-hybridized carbons (Fsp3) is 0.143. The zero-order chi connectivity index (χ0) is 21.6. The van der Waals surface area contributed by atoms with Crippen LogP contribution in [0.25, 0.3) is 5.65 Å². The summed E-state index contributed by atoms with van der Waals surface area (Å²) in [6, 6.07) is 16.7. The van der Waals surface area contributed by atoms with E-state index in [0.717, 1.165) is 11.4 Å². The number of anilines is 3. The van der Waals surface area contributed by atoms with Crippen molar-refractivity contribution in [2.24, 2.45) is 0 Å². The Labute approximate surface area is 181 Å². The van der Waals surface area contributed by atoms with Crippen LogP contribution in [0.2, 0.25) is 0 Å². The third-order valence-electron chi connectivity index (χ3n) is 4.14. The zero-order valence-electron chi connectivity index (χ0n) is 16.6. The maximum atomic E-state index is 13.0. The minimum Gasteiger partial charge on any atom is -0.494 e. The van der Waals surface area contributed by atoms with E-state index in [1.165, 1.54) is 36.0 Å². The second-order valence-electron chi connectivity index (χ2n) is 6.39. The van der Waals surface area contributed by atoms with Crippen molar-refractivity contribution in [3.8, 4) is 5.75 Å². The van der Waals surface area contributed by atoms with Gasteiger partial charge in [0.25, 0.3) is 0 Å². The molecule has 0 aliphatic rings. The smallest absolute Gasteiger partial charge is 0.250 e. The van der Waals surface area contributed by atoms with E-state index in [0.29, 0.717) is 28.9 Å². The van der Waals surface area contributed by atoms with Gasteiger partial charge in [-0.1, -0.05) is 11.8 Å². The van der Waals surface area contributed by atoms with Gasteiger partial charge in [-0.15, -0.1) is 10.2 Å². The molecule has 0 aliphatic heterocycles. The van der Waals surface area contributed by atoms with E-state index in [1.807, 2.05) is 31.2 Å². The molecule has 0 atom stereocenters. The third-order valence-corrected chi connectivity index (χ3v) is 5.06. The molecule has 2 N–H and O–H groups in total. The molecule has 0 spiro atoms.